The molecule has 7 rings (SSSR count). The van der Waals surface area contributed by atoms with Gasteiger partial charge in [0.05, 0.1) is 5.60 Å². The molecule has 2 aromatic rings. The fourth-order valence-electron chi connectivity index (χ4n) is 9.41. The van der Waals surface area contributed by atoms with Gasteiger partial charge in [0.25, 0.3) is 0 Å². The van der Waals surface area contributed by atoms with Gasteiger partial charge in [0.2, 0.25) is 0 Å². The molecular weight excluding hydrogens is 494 g/mol. The van der Waals surface area contributed by atoms with Gasteiger partial charge in [0, 0.05) is 41.5 Å². The highest BCUT2D eigenvalue weighted by atomic mass is 32.1. The molecule has 2 bridgehead atoms. The quantitative estimate of drug-likeness (QED) is 0.430. The predicted octanol–water partition coefficient (Wildman–Crippen LogP) is 5.70. The van der Waals surface area contributed by atoms with Crippen LogP contribution in [0, 0.1) is 17.8 Å². The highest BCUT2D eigenvalue weighted by molar-refractivity contribution is 7.09. The van der Waals surface area contributed by atoms with Crippen LogP contribution in [0.15, 0.2) is 29.6 Å². The van der Waals surface area contributed by atoms with E-state index in [2.05, 4.69) is 42.3 Å². The molecule has 3 heterocycles. The molecule has 2 N–H and O–H groups in total. The highest BCUT2D eigenvalue weighted by Crippen LogP contribution is 2.68. The summed E-state index contributed by atoms with van der Waals surface area (Å²) in [7, 11) is 1.84. The molecule has 1 saturated heterocycles. The minimum absolute atomic E-state index is 0.0515. The van der Waals surface area contributed by atoms with Crippen molar-refractivity contribution in [2.45, 2.75) is 100 Å². The van der Waals surface area contributed by atoms with Gasteiger partial charge in [-0.25, -0.2) is 0 Å². The number of aliphatic hydroxyl groups is 1. The molecule has 2 aliphatic heterocycles. The van der Waals surface area contributed by atoms with Crippen molar-refractivity contribution >= 4 is 11.3 Å². The van der Waals surface area contributed by atoms with Crippen LogP contribution in [0.2, 0.25) is 0 Å². The van der Waals surface area contributed by atoms with Gasteiger partial charge in [-0.3, -0.25) is 4.90 Å². The maximum Gasteiger partial charge on any atom is 0.165 e. The van der Waals surface area contributed by atoms with Crippen LogP contribution < -0.4 is 4.74 Å². The number of likely N-dealkylation sites (tertiary alicyclic amines) is 1. The number of hydrogen-bond acceptors (Lipinski definition) is 6. The molecule has 7 atom stereocenters. The number of aryl methyl sites for hydroxylation is 1. The molecule has 1 aromatic carbocycles. The van der Waals surface area contributed by atoms with E-state index >= 15 is 0 Å². The second-order valence-electron chi connectivity index (χ2n) is 13.2. The van der Waals surface area contributed by atoms with E-state index in [4.69, 9.17) is 9.47 Å². The monoisotopic (exact) mass is 537 g/mol. The first-order valence-electron chi connectivity index (χ1n) is 14.9. The molecule has 2 unspecified atom stereocenters. The van der Waals surface area contributed by atoms with Crippen molar-refractivity contribution in [3.05, 3.63) is 45.6 Å². The predicted molar refractivity (Wildman–Crippen MR) is 150 cm³/mol. The number of rotatable bonds is 9. The zero-order valence-corrected chi connectivity index (χ0v) is 23.9. The second kappa shape index (κ2) is 8.95. The van der Waals surface area contributed by atoms with Crippen LogP contribution in [0.4, 0.5) is 0 Å². The van der Waals surface area contributed by atoms with E-state index < -0.39 is 11.2 Å². The Hall–Kier alpha value is -1.60. The van der Waals surface area contributed by atoms with Crippen LogP contribution in [0.5, 0.6) is 11.5 Å². The van der Waals surface area contributed by atoms with Crippen molar-refractivity contribution in [1.29, 1.82) is 0 Å². The Morgan fingerprint density at radius 2 is 2.11 bits per heavy atom. The fraction of sp³-hybridized carbons (Fsp3) is 0.688. The standard InChI is InChI=1S/C32H43NO4S/c1-4-12-32(36-3)26(30(2,35)13-11-22-6-5-16-38-22)18-23-24-17-21-9-10-25(34)28-27(21)31(23,29(32)37-28)14-15-33(24)19-20-7-8-20/h5-6,9-10,16,20,23-24,26,29,34-35H,4,7-8,11-15,17-19H2,1-3H3/t23?,24-,26?,29-,30-,31+,32-/m1/s1. The van der Waals surface area contributed by atoms with Crippen molar-refractivity contribution in [3.8, 4) is 11.5 Å². The molecule has 5 aliphatic rings. The van der Waals surface area contributed by atoms with E-state index in [0.717, 1.165) is 51.0 Å². The van der Waals surface area contributed by atoms with Gasteiger partial charge in [-0.15, -0.1) is 11.3 Å². The lowest BCUT2D eigenvalue weighted by atomic mass is 9.44. The summed E-state index contributed by atoms with van der Waals surface area (Å²) in [6, 6.07) is 8.72. The van der Waals surface area contributed by atoms with Gasteiger partial charge in [-0.05, 0) is 99.7 Å². The average Bonchev–Trinajstić information content (AvgIpc) is 3.42. The highest BCUT2D eigenvalue weighted by Gasteiger charge is 2.73. The Bertz CT molecular complexity index is 1190. The number of benzene rings is 1. The lowest BCUT2D eigenvalue weighted by Gasteiger charge is -2.65. The summed E-state index contributed by atoms with van der Waals surface area (Å²) in [5, 5.41) is 25.5. The Balaban J connectivity index is 1.35. The molecule has 206 valence electrons. The van der Waals surface area contributed by atoms with E-state index in [9.17, 15) is 10.2 Å². The number of nitrogens with zero attached hydrogens (tertiary/aromatic N) is 1. The summed E-state index contributed by atoms with van der Waals surface area (Å²) in [6.07, 6.45) is 8.88. The second-order valence-corrected chi connectivity index (χ2v) is 14.2. The van der Waals surface area contributed by atoms with Crippen molar-refractivity contribution in [2.24, 2.45) is 17.8 Å². The SMILES string of the molecule is CCC[C@@]1(OC)C([C@](C)(O)CCc2cccs2)CC2[C@H]3Cc4ccc(O)c5c4[C@@]2(CCN3CC2CC2)[C@H]1O5. The Morgan fingerprint density at radius 1 is 1.26 bits per heavy atom. The molecule has 0 radical (unpaired) electrons. The molecule has 1 aromatic heterocycles. The topological polar surface area (TPSA) is 62.2 Å². The molecule has 5 nitrogen and oxygen atoms in total. The summed E-state index contributed by atoms with van der Waals surface area (Å²) in [5.41, 5.74) is 0.939. The Morgan fingerprint density at radius 3 is 2.82 bits per heavy atom. The summed E-state index contributed by atoms with van der Waals surface area (Å²) in [5.74, 6) is 2.14. The number of aromatic hydroxyl groups is 1. The summed E-state index contributed by atoms with van der Waals surface area (Å²) in [4.78, 5) is 4.11. The van der Waals surface area contributed by atoms with Crippen LogP contribution >= 0.6 is 11.3 Å². The lowest BCUT2D eigenvalue weighted by molar-refractivity contribution is -0.243. The molecule has 1 spiro atoms. The summed E-state index contributed by atoms with van der Waals surface area (Å²) >= 11 is 1.77. The third-order valence-corrected chi connectivity index (χ3v) is 12.1. The van der Waals surface area contributed by atoms with Crippen LogP contribution in [0.25, 0.3) is 0 Å². The fourth-order valence-corrected chi connectivity index (χ4v) is 10.1. The number of methoxy groups -OCH3 is 1. The molecule has 6 heteroatoms. The maximum absolute atomic E-state index is 12.3. The maximum atomic E-state index is 12.3. The van der Waals surface area contributed by atoms with Crippen molar-refractivity contribution in [2.75, 3.05) is 20.2 Å². The number of phenolic OH excluding ortho intramolecular Hbond substituents is 1. The first-order valence-corrected chi connectivity index (χ1v) is 15.8. The van der Waals surface area contributed by atoms with E-state index in [1.165, 1.54) is 35.4 Å². The third-order valence-electron chi connectivity index (χ3n) is 11.2. The van der Waals surface area contributed by atoms with Crippen molar-refractivity contribution in [1.82, 2.24) is 4.90 Å². The number of piperidine rings is 1. The van der Waals surface area contributed by atoms with Gasteiger partial charge in [-0.1, -0.05) is 25.5 Å². The Labute approximate surface area is 231 Å². The van der Waals surface area contributed by atoms with Gasteiger partial charge in [0.1, 0.15) is 11.7 Å². The largest absolute Gasteiger partial charge is 0.504 e. The minimum atomic E-state index is -0.896. The van der Waals surface area contributed by atoms with Crippen molar-refractivity contribution in [3.63, 3.8) is 0 Å². The average molecular weight is 538 g/mol. The number of phenols is 1. The zero-order chi connectivity index (χ0) is 26.3. The Kier molecular flexibility index (Phi) is 5.98. The van der Waals surface area contributed by atoms with E-state index in [-0.39, 0.29) is 23.2 Å². The van der Waals surface area contributed by atoms with E-state index in [0.29, 0.717) is 24.1 Å². The lowest BCUT2D eigenvalue weighted by Crippen LogP contribution is -2.75. The summed E-state index contributed by atoms with van der Waals surface area (Å²) < 4.78 is 13.6. The molecule has 0 amide bonds. The van der Waals surface area contributed by atoms with Gasteiger partial charge in [0.15, 0.2) is 11.5 Å². The van der Waals surface area contributed by atoms with Gasteiger partial charge in [-0.2, -0.15) is 0 Å². The number of thiophene rings is 1. The van der Waals surface area contributed by atoms with Crippen LogP contribution in [0.1, 0.15) is 74.8 Å². The van der Waals surface area contributed by atoms with Gasteiger partial charge >= 0.3 is 0 Å². The third kappa shape index (κ3) is 3.52. The minimum Gasteiger partial charge on any atom is -0.504 e. The molecule has 38 heavy (non-hydrogen) atoms. The first-order chi connectivity index (χ1) is 18.3. The number of hydrogen-bond donors (Lipinski definition) is 2. The first kappa shape index (κ1) is 25.4. The van der Waals surface area contributed by atoms with Gasteiger partial charge < -0.3 is 19.7 Å². The van der Waals surface area contributed by atoms with Crippen LogP contribution in [0.3, 0.4) is 0 Å². The van der Waals surface area contributed by atoms with E-state index in [1.54, 1.807) is 11.3 Å². The smallest absolute Gasteiger partial charge is 0.165 e. The molecule has 3 aliphatic carbocycles. The summed E-state index contributed by atoms with van der Waals surface area (Å²) in [6.45, 7) is 6.55. The molecule has 3 fully saturated rings. The van der Waals surface area contributed by atoms with Crippen LogP contribution in [-0.2, 0) is 23.0 Å². The normalized spacial score (nSPS) is 36.9. The number of ether oxygens (including phenoxy) is 2. The van der Waals surface area contributed by atoms with Crippen molar-refractivity contribution < 1.29 is 19.7 Å². The molecule has 2 saturated carbocycles. The van der Waals surface area contributed by atoms with E-state index in [1.807, 2.05) is 13.2 Å². The zero-order valence-electron chi connectivity index (χ0n) is 23.1. The molecular formula is C32H43NO4S. The van der Waals surface area contributed by atoms with Crippen LogP contribution in [-0.4, -0.2) is 58.7 Å².